The van der Waals surface area contributed by atoms with E-state index >= 15 is 0 Å². The predicted octanol–water partition coefficient (Wildman–Crippen LogP) is 2.39. The number of rotatable bonds is 9. The van der Waals surface area contributed by atoms with Crippen LogP contribution in [0.2, 0.25) is 0 Å². The maximum absolute atomic E-state index is 12.3. The molecule has 0 aliphatic heterocycles. The molecule has 0 heterocycles. The molecule has 0 bridgehead atoms. The van der Waals surface area contributed by atoms with Crippen molar-refractivity contribution in [3.63, 3.8) is 0 Å². The topological polar surface area (TPSA) is 107 Å². The lowest BCUT2D eigenvalue weighted by Crippen LogP contribution is -2.39. The molecule has 9 nitrogen and oxygen atoms in total. The zero-order valence-electron chi connectivity index (χ0n) is 16.9. The van der Waals surface area contributed by atoms with E-state index in [-0.39, 0.29) is 0 Å². The van der Waals surface area contributed by atoms with E-state index in [1.54, 1.807) is 36.4 Å². The van der Waals surface area contributed by atoms with E-state index in [1.165, 1.54) is 27.5 Å². The molecule has 0 unspecified atom stereocenters. The maximum atomic E-state index is 12.3. The van der Waals surface area contributed by atoms with Crippen molar-refractivity contribution < 1.29 is 27.4 Å². The van der Waals surface area contributed by atoms with Crippen LogP contribution in [-0.4, -0.2) is 54.7 Å². The van der Waals surface area contributed by atoms with Crippen LogP contribution in [0.1, 0.15) is 5.56 Å². The lowest BCUT2D eigenvalue weighted by molar-refractivity contribution is -0.119. The zero-order valence-corrected chi connectivity index (χ0v) is 19.3. The number of sulfonamides is 1. The van der Waals surface area contributed by atoms with Crippen LogP contribution in [0, 0.1) is 0 Å². The Kier molecular flexibility index (Phi) is 8.07. The van der Waals surface area contributed by atoms with Crippen LogP contribution in [-0.2, 0) is 14.8 Å². The summed E-state index contributed by atoms with van der Waals surface area (Å²) in [6, 6.07) is 9.88. The minimum atomic E-state index is -3.67. The van der Waals surface area contributed by atoms with E-state index in [0.717, 1.165) is 15.0 Å². The largest absolute Gasteiger partial charge is 0.493 e. The number of anilines is 1. The minimum Gasteiger partial charge on any atom is -0.493 e. The van der Waals surface area contributed by atoms with Gasteiger partial charge in [-0.3, -0.25) is 9.10 Å². The number of hydrogen-bond acceptors (Lipinski definition) is 7. The van der Waals surface area contributed by atoms with Crippen molar-refractivity contribution in [2.45, 2.75) is 0 Å². The lowest BCUT2D eigenvalue weighted by Gasteiger charge is -2.21. The highest BCUT2D eigenvalue weighted by Crippen LogP contribution is 2.37. The molecule has 0 atom stereocenters. The number of nitrogens with one attached hydrogen (secondary N) is 1. The van der Waals surface area contributed by atoms with Crippen LogP contribution in [0.25, 0.3) is 0 Å². The summed E-state index contributed by atoms with van der Waals surface area (Å²) in [7, 11) is 0.799. The van der Waals surface area contributed by atoms with Gasteiger partial charge in [-0.15, -0.1) is 0 Å². The van der Waals surface area contributed by atoms with E-state index in [0.29, 0.717) is 28.5 Å². The van der Waals surface area contributed by atoms with Crippen LogP contribution in [0.4, 0.5) is 5.69 Å². The molecular formula is C19H22BrN3O6S. The number of amides is 1. The molecule has 2 aromatic rings. The van der Waals surface area contributed by atoms with Gasteiger partial charge < -0.3 is 14.2 Å². The Morgan fingerprint density at radius 3 is 2.13 bits per heavy atom. The Labute approximate surface area is 183 Å². The summed E-state index contributed by atoms with van der Waals surface area (Å²) in [5, 5.41) is 3.89. The first kappa shape index (κ1) is 23.5. The molecular weight excluding hydrogens is 478 g/mol. The Morgan fingerprint density at radius 1 is 1.10 bits per heavy atom. The first-order valence-electron chi connectivity index (χ1n) is 8.54. The summed E-state index contributed by atoms with van der Waals surface area (Å²) < 4.78 is 41.8. The van der Waals surface area contributed by atoms with Gasteiger partial charge in [0.05, 0.1) is 39.5 Å². The number of carbonyl (C=O) groups is 1. The van der Waals surface area contributed by atoms with Gasteiger partial charge in [0, 0.05) is 10.0 Å². The third-order valence-electron chi connectivity index (χ3n) is 3.89. The number of hydrogen-bond donors (Lipinski definition) is 1. The second-order valence-corrected chi connectivity index (χ2v) is 8.82. The fraction of sp³-hybridized carbons (Fsp3) is 0.263. The highest BCUT2D eigenvalue weighted by molar-refractivity contribution is 9.10. The van der Waals surface area contributed by atoms with Crippen molar-refractivity contribution in [3.8, 4) is 17.2 Å². The molecule has 0 fully saturated rings. The number of ether oxygens (including phenoxy) is 3. The molecule has 0 aliphatic carbocycles. The lowest BCUT2D eigenvalue weighted by atomic mass is 10.2. The monoisotopic (exact) mass is 499 g/mol. The number of halogens is 1. The van der Waals surface area contributed by atoms with Crippen molar-refractivity contribution in [2.75, 3.05) is 38.4 Å². The van der Waals surface area contributed by atoms with Gasteiger partial charge in [-0.2, -0.15) is 5.10 Å². The van der Waals surface area contributed by atoms with Crippen LogP contribution in [0.5, 0.6) is 17.2 Å². The summed E-state index contributed by atoms with van der Waals surface area (Å²) in [5.74, 6) is 0.692. The molecule has 1 N–H and O–H groups in total. The quantitative estimate of drug-likeness (QED) is 0.419. The van der Waals surface area contributed by atoms with Crippen LogP contribution in [0.3, 0.4) is 0 Å². The minimum absolute atomic E-state index is 0.365. The molecule has 30 heavy (non-hydrogen) atoms. The second-order valence-electron chi connectivity index (χ2n) is 6.00. The van der Waals surface area contributed by atoms with Gasteiger partial charge in [-0.05, 0) is 36.4 Å². The highest BCUT2D eigenvalue weighted by Gasteiger charge is 2.20. The summed E-state index contributed by atoms with van der Waals surface area (Å²) in [5.41, 5.74) is 3.27. The van der Waals surface area contributed by atoms with Crippen LogP contribution >= 0.6 is 15.9 Å². The van der Waals surface area contributed by atoms with E-state index in [2.05, 4.69) is 26.5 Å². The molecule has 0 aromatic heterocycles. The maximum Gasteiger partial charge on any atom is 0.260 e. The van der Waals surface area contributed by atoms with Crippen molar-refractivity contribution in [1.82, 2.24) is 5.43 Å². The average molecular weight is 500 g/mol. The van der Waals surface area contributed by atoms with Gasteiger partial charge in [0.1, 0.15) is 6.54 Å². The molecule has 0 radical (unpaired) electrons. The molecule has 0 saturated heterocycles. The van der Waals surface area contributed by atoms with Crippen molar-refractivity contribution >= 4 is 43.8 Å². The standard InChI is InChI=1S/C19H22BrN3O6S/c1-27-16-9-13(10-17(28-2)19(16)29-3)11-21-22-18(24)12-23(30(4,25)26)15-7-5-14(20)6-8-15/h5-11H,12H2,1-4H3,(H,22,24)/b21-11-. The van der Waals surface area contributed by atoms with Gasteiger partial charge >= 0.3 is 0 Å². The van der Waals surface area contributed by atoms with Crippen LogP contribution in [0.15, 0.2) is 46.0 Å². The molecule has 0 saturated carbocycles. The fourth-order valence-corrected chi connectivity index (χ4v) is 3.65. The number of hydrazone groups is 1. The molecule has 0 aliphatic rings. The van der Waals surface area contributed by atoms with Gasteiger partial charge in [0.15, 0.2) is 11.5 Å². The number of nitrogens with zero attached hydrogens (tertiary/aromatic N) is 2. The first-order chi connectivity index (χ1) is 14.2. The molecule has 2 aromatic carbocycles. The molecule has 2 rings (SSSR count). The third kappa shape index (κ3) is 6.10. The Morgan fingerprint density at radius 2 is 1.67 bits per heavy atom. The van der Waals surface area contributed by atoms with E-state index in [9.17, 15) is 13.2 Å². The van der Waals surface area contributed by atoms with E-state index in [1.807, 2.05) is 0 Å². The number of carbonyl (C=O) groups excluding carboxylic acids is 1. The highest BCUT2D eigenvalue weighted by atomic mass is 79.9. The Bertz CT molecular complexity index is 1000. The second kappa shape index (κ2) is 10.3. The molecule has 162 valence electrons. The van der Waals surface area contributed by atoms with Crippen molar-refractivity contribution in [2.24, 2.45) is 5.10 Å². The molecule has 1 amide bonds. The normalized spacial score (nSPS) is 11.2. The first-order valence-corrected chi connectivity index (χ1v) is 11.2. The SMILES string of the molecule is COc1cc(/C=N\NC(=O)CN(c2ccc(Br)cc2)S(C)(=O)=O)cc(OC)c1OC. The number of benzene rings is 2. The van der Waals surface area contributed by atoms with Crippen molar-refractivity contribution in [1.29, 1.82) is 0 Å². The summed E-state index contributed by atoms with van der Waals surface area (Å²) in [6.45, 7) is -0.424. The summed E-state index contributed by atoms with van der Waals surface area (Å²) in [4.78, 5) is 12.3. The smallest absolute Gasteiger partial charge is 0.260 e. The fourth-order valence-electron chi connectivity index (χ4n) is 2.53. The van der Waals surface area contributed by atoms with E-state index < -0.39 is 22.5 Å². The van der Waals surface area contributed by atoms with Gasteiger partial charge in [-0.25, -0.2) is 13.8 Å². The number of methoxy groups -OCH3 is 3. The molecule has 0 spiro atoms. The Balaban J connectivity index is 2.14. The predicted molar refractivity (Wildman–Crippen MR) is 118 cm³/mol. The zero-order chi connectivity index (χ0) is 22.3. The van der Waals surface area contributed by atoms with Crippen molar-refractivity contribution in [3.05, 3.63) is 46.4 Å². The molecule has 11 heteroatoms. The summed E-state index contributed by atoms with van der Waals surface area (Å²) >= 11 is 3.29. The van der Waals surface area contributed by atoms with Crippen LogP contribution < -0.4 is 23.9 Å². The average Bonchev–Trinajstić information content (AvgIpc) is 2.71. The van der Waals surface area contributed by atoms with E-state index in [4.69, 9.17) is 14.2 Å². The summed E-state index contributed by atoms with van der Waals surface area (Å²) in [6.07, 6.45) is 2.41. The van der Waals surface area contributed by atoms with Gasteiger partial charge in [0.2, 0.25) is 15.8 Å². The third-order valence-corrected chi connectivity index (χ3v) is 5.56. The Hall–Kier alpha value is -2.79. The van der Waals surface area contributed by atoms with Gasteiger partial charge in [0.25, 0.3) is 5.91 Å². The van der Waals surface area contributed by atoms with Gasteiger partial charge in [-0.1, -0.05) is 15.9 Å².